The average Bonchev–Trinajstić information content (AvgIpc) is 3.02. The molecule has 32 heavy (non-hydrogen) atoms. The van der Waals surface area contributed by atoms with Gasteiger partial charge in [-0.05, 0) is 70.9 Å². The number of allylic oxidation sites excluding steroid dienone is 2. The molecule has 3 aliphatic heterocycles. The molecule has 0 aromatic heterocycles. The Kier molecular flexibility index (Phi) is 5.98. The van der Waals surface area contributed by atoms with Crippen LogP contribution >= 0.6 is 0 Å². The quantitative estimate of drug-likeness (QED) is 0.183. The Balaban J connectivity index is 1.65. The van der Waals surface area contributed by atoms with Crippen molar-refractivity contribution in [1.82, 2.24) is 0 Å². The Morgan fingerprint density at radius 2 is 1.97 bits per heavy atom. The summed E-state index contributed by atoms with van der Waals surface area (Å²) in [6.45, 7) is 12.9. The Bertz CT molecular complexity index is 852. The van der Waals surface area contributed by atoms with Crippen LogP contribution in [0.2, 0.25) is 0 Å². The lowest BCUT2D eigenvalue weighted by molar-refractivity contribution is -0.236. The molecule has 0 bridgehead atoms. The van der Waals surface area contributed by atoms with Crippen LogP contribution in [0.3, 0.4) is 0 Å². The summed E-state index contributed by atoms with van der Waals surface area (Å²) in [6.07, 6.45) is 11.1. The molecule has 0 radical (unpaired) electrons. The molecule has 0 amide bonds. The molecule has 178 valence electrons. The first-order chi connectivity index (χ1) is 14.9. The van der Waals surface area contributed by atoms with Crippen LogP contribution in [0.4, 0.5) is 0 Å². The number of epoxide rings is 1. The van der Waals surface area contributed by atoms with Crippen LogP contribution in [0, 0.1) is 11.3 Å². The second-order valence-electron chi connectivity index (χ2n) is 11.0. The van der Waals surface area contributed by atoms with Gasteiger partial charge in [0.1, 0.15) is 5.60 Å². The highest BCUT2D eigenvalue weighted by Gasteiger charge is 2.67. The number of esters is 1. The van der Waals surface area contributed by atoms with Gasteiger partial charge in [-0.15, -0.1) is 0 Å². The first kappa shape index (κ1) is 23.7. The van der Waals surface area contributed by atoms with Crippen LogP contribution in [0.5, 0.6) is 0 Å². The van der Waals surface area contributed by atoms with Crippen molar-refractivity contribution in [3.05, 3.63) is 35.6 Å². The van der Waals surface area contributed by atoms with E-state index in [-0.39, 0.29) is 35.1 Å². The molecule has 0 saturated carbocycles. The topological polar surface area (TPSA) is 66.5 Å². The van der Waals surface area contributed by atoms with Gasteiger partial charge in [0, 0.05) is 25.5 Å². The summed E-state index contributed by atoms with van der Waals surface area (Å²) >= 11 is 0. The van der Waals surface area contributed by atoms with Crippen molar-refractivity contribution in [2.75, 3.05) is 13.7 Å². The molecule has 6 nitrogen and oxygen atoms in total. The normalized spacial score (nSPS) is 41.7. The molecular weight excluding hydrogens is 408 g/mol. The first-order valence-corrected chi connectivity index (χ1v) is 11.7. The van der Waals surface area contributed by atoms with Gasteiger partial charge >= 0.3 is 5.97 Å². The molecule has 4 aliphatic rings. The van der Waals surface area contributed by atoms with Gasteiger partial charge in [0.15, 0.2) is 5.79 Å². The third-order valence-corrected chi connectivity index (χ3v) is 7.82. The molecule has 6 heteroatoms. The SMILES string of the molecule is CO[C@]1(C)C[C@@H]2OCC3=CC[C@](C)(CC[C@H]4OC4(C)C)[C@@H](/C=C\OC(=O)C=C(C)C)C32O1. The molecule has 1 aliphatic carbocycles. The average molecular weight is 447 g/mol. The maximum atomic E-state index is 12.1. The fourth-order valence-electron chi connectivity index (χ4n) is 5.81. The number of hydrogen-bond donors (Lipinski definition) is 0. The predicted molar refractivity (Wildman–Crippen MR) is 121 cm³/mol. The van der Waals surface area contributed by atoms with E-state index in [4.69, 9.17) is 23.7 Å². The summed E-state index contributed by atoms with van der Waals surface area (Å²) in [5, 5.41) is 0. The Morgan fingerprint density at radius 1 is 1.25 bits per heavy atom. The molecular formula is C26H38O6. The minimum Gasteiger partial charge on any atom is -0.432 e. The molecule has 6 atom stereocenters. The molecule has 4 rings (SSSR count). The molecule has 1 spiro atoms. The van der Waals surface area contributed by atoms with Crippen LogP contribution in [0.15, 0.2) is 35.6 Å². The third-order valence-electron chi connectivity index (χ3n) is 7.82. The van der Waals surface area contributed by atoms with E-state index in [2.05, 4.69) is 26.8 Å². The zero-order chi connectivity index (χ0) is 23.4. The summed E-state index contributed by atoms with van der Waals surface area (Å²) in [6, 6.07) is 0. The minimum atomic E-state index is -0.713. The number of rotatable bonds is 7. The number of carbonyl (C=O) groups is 1. The molecule has 0 N–H and O–H groups in total. The fourth-order valence-corrected chi connectivity index (χ4v) is 5.81. The molecule has 3 saturated heterocycles. The van der Waals surface area contributed by atoms with E-state index in [1.807, 2.05) is 26.8 Å². The summed E-state index contributed by atoms with van der Waals surface area (Å²) in [4.78, 5) is 12.1. The van der Waals surface area contributed by atoms with Crippen molar-refractivity contribution in [1.29, 1.82) is 0 Å². The van der Waals surface area contributed by atoms with E-state index in [9.17, 15) is 4.79 Å². The van der Waals surface area contributed by atoms with Crippen LogP contribution in [0.1, 0.15) is 67.2 Å². The van der Waals surface area contributed by atoms with Crippen molar-refractivity contribution < 1.29 is 28.5 Å². The van der Waals surface area contributed by atoms with Crippen molar-refractivity contribution in [2.24, 2.45) is 11.3 Å². The van der Waals surface area contributed by atoms with E-state index in [0.717, 1.165) is 24.8 Å². The molecule has 3 heterocycles. The van der Waals surface area contributed by atoms with E-state index < -0.39 is 11.4 Å². The number of methoxy groups -OCH3 is 1. The van der Waals surface area contributed by atoms with Crippen molar-refractivity contribution in [3.8, 4) is 0 Å². The van der Waals surface area contributed by atoms with Crippen LogP contribution in [-0.2, 0) is 28.5 Å². The number of ether oxygens (including phenoxy) is 5. The highest BCUT2D eigenvalue weighted by atomic mass is 16.7. The van der Waals surface area contributed by atoms with Gasteiger partial charge in [0.2, 0.25) is 0 Å². The summed E-state index contributed by atoms with van der Waals surface area (Å²) in [7, 11) is 1.68. The monoisotopic (exact) mass is 446 g/mol. The minimum absolute atomic E-state index is 0.0270. The fraction of sp³-hybridized carbons (Fsp3) is 0.731. The number of hydrogen-bond acceptors (Lipinski definition) is 6. The van der Waals surface area contributed by atoms with Gasteiger partial charge in [0.05, 0.1) is 30.7 Å². The Hall–Kier alpha value is -1.47. The Labute approximate surface area is 191 Å². The zero-order valence-electron chi connectivity index (χ0n) is 20.5. The maximum Gasteiger partial charge on any atom is 0.335 e. The molecule has 0 aromatic carbocycles. The van der Waals surface area contributed by atoms with E-state index in [1.54, 1.807) is 13.4 Å². The Morgan fingerprint density at radius 3 is 2.59 bits per heavy atom. The van der Waals surface area contributed by atoms with Gasteiger partial charge in [-0.2, -0.15) is 0 Å². The predicted octanol–water partition coefficient (Wildman–Crippen LogP) is 4.84. The highest BCUT2D eigenvalue weighted by Crippen LogP contribution is 2.61. The van der Waals surface area contributed by atoms with Gasteiger partial charge in [-0.3, -0.25) is 0 Å². The highest BCUT2D eigenvalue weighted by molar-refractivity contribution is 5.83. The van der Waals surface area contributed by atoms with Gasteiger partial charge in [-0.25, -0.2) is 4.79 Å². The van der Waals surface area contributed by atoms with Crippen LogP contribution in [-0.4, -0.2) is 48.9 Å². The van der Waals surface area contributed by atoms with Crippen LogP contribution in [0.25, 0.3) is 0 Å². The maximum absolute atomic E-state index is 12.1. The lowest BCUT2D eigenvalue weighted by Gasteiger charge is -2.49. The van der Waals surface area contributed by atoms with Crippen molar-refractivity contribution >= 4 is 5.97 Å². The zero-order valence-corrected chi connectivity index (χ0v) is 20.5. The smallest absolute Gasteiger partial charge is 0.335 e. The molecule has 3 fully saturated rings. The van der Waals surface area contributed by atoms with Crippen molar-refractivity contribution in [3.63, 3.8) is 0 Å². The second kappa shape index (κ2) is 8.08. The summed E-state index contributed by atoms with van der Waals surface area (Å²) < 4.78 is 30.0. The lowest BCUT2D eigenvalue weighted by Crippen LogP contribution is -2.53. The van der Waals surface area contributed by atoms with Gasteiger partial charge in [-0.1, -0.05) is 18.6 Å². The van der Waals surface area contributed by atoms with E-state index in [1.165, 1.54) is 11.6 Å². The van der Waals surface area contributed by atoms with E-state index >= 15 is 0 Å². The summed E-state index contributed by atoms with van der Waals surface area (Å²) in [5.74, 6) is -1.11. The van der Waals surface area contributed by atoms with E-state index in [0.29, 0.717) is 13.0 Å². The van der Waals surface area contributed by atoms with Crippen molar-refractivity contribution in [2.45, 2.75) is 96.4 Å². The molecule has 0 aromatic rings. The second-order valence-corrected chi connectivity index (χ2v) is 11.0. The standard InChI is InChI=1S/C26H38O6/c1-17(2)14-22(27)29-13-10-19-24(5,12-9-20-23(3,4)31-20)11-8-18-16-30-21-15-25(6,28-7)32-26(18,19)21/h8,10,13-14,19-21H,9,11-12,15-16H2,1-7H3/b13-10-/t19-,20-,21+,24-,25+,26?/m1/s1. The largest absolute Gasteiger partial charge is 0.432 e. The molecule has 1 unspecified atom stereocenters. The first-order valence-electron chi connectivity index (χ1n) is 11.7. The lowest BCUT2D eigenvalue weighted by atomic mass is 9.58. The van der Waals surface area contributed by atoms with Gasteiger partial charge < -0.3 is 23.7 Å². The van der Waals surface area contributed by atoms with Crippen LogP contribution < -0.4 is 0 Å². The number of carbonyl (C=O) groups excluding carboxylic acids is 1. The van der Waals surface area contributed by atoms with Gasteiger partial charge in [0.25, 0.3) is 0 Å². The summed E-state index contributed by atoms with van der Waals surface area (Å²) in [5.41, 5.74) is 1.33. The third kappa shape index (κ3) is 4.11.